The number of furan rings is 2. The SMILES string of the molecule is Cc1ccc(N(c2ccc3c4c(c5ccccc5c3c2)-c2c(cc(N(c3ccc(C)cc3)c3cccc5c3oc3ccccc35)c3ccccc23)C4(c2ccccc2)c2ccccc2)c2cccc3c2oc2ccccc23)cc1. The molecule has 1 aliphatic rings. The zero-order chi connectivity index (χ0) is 52.3. The van der Waals surface area contributed by atoms with E-state index in [1.165, 1.54) is 71.4 Å². The van der Waals surface area contributed by atoms with Crippen LogP contribution in [0.15, 0.2) is 276 Å². The number of rotatable bonds is 8. The number of aryl methyl sites for hydroxylation is 2. The van der Waals surface area contributed by atoms with Crippen LogP contribution in [0.4, 0.5) is 34.1 Å². The molecule has 1 aliphatic carbocycles. The minimum absolute atomic E-state index is 0.795. The third-order valence-corrected chi connectivity index (χ3v) is 16.8. The Balaban J connectivity index is 1.04. The molecule has 2 aromatic heterocycles. The van der Waals surface area contributed by atoms with Crippen LogP contribution in [-0.2, 0) is 5.41 Å². The third kappa shape index (κ3) is 6.62. The monoisotopic (exact) mass is 1010 g/mol. The number of nitrogens with zero attached hydrogens (tertiary/aromatic N) is 2. The normalized spacial score (nSPS) is 12.8. The Kier molecular flexibility index (Phi) is 9.95. The van der Waals surface area contributed by atoms with Gasteiger partial charge in [0, 0.05) is 44.0 Å². The Bertz CT molecular complexity index is 4880. The molecular weight excluding hydrogens is 961 g/mol. The highest BCUT2D eigenvalue weighted by Gasteiger charge is 2.49. The van der Waals surface area contributed by atoms with Crippen molar-refractivity contribution < 1.29 is 8.83 Å². The molecule has 0 radical (unpaired) electrons. The Hall–Kier alpha value is -10.2. The van der Waals surface area contributed by atoms with Crippen LogP contribution in [-0.4, -0.2) is 0 Å². The maximum absolute atomic E-state index is 6.94. The van der Waals surface area contributed by atoms with Crippen molar-refractivity contribution in [1.82, 2.24) is 0 Å². The maximum atomic E-state index is 6.94. The van der Waals surface area contributed by atoms with Gasteiger partial charge in [-0.1, -0.05) is 211 Å². The van der Waals surface area contributed by atoms with Gasteiger partial charge in [-0.05, 0) is 141 Å². The minimum atomic E-state index is -0.795. The number of para-hydroxylation sites is 4. The summed E-state index contributed by atoms with van der Waals surface area (Å²) in [4.78, 5) is 4.82. The molecule has 4 heteroatoms. The van der Waals surface area contributed by atoms with Crippen molar-refractivity contribution in [1.29, 1.82) is 0 Å². The molecule has 0 saturated heterocycles. The minimum Gasteiger partial charge on any atom is -0.454 e. The van der Waals surface area contributed by atoms with E-state index >= 15 is 0 Å². The summed E-state index contributed by atoms with van der Waals surface area (Å²) in [5.74, 6) is 0. The summed E-state index contributed by atoms with van der Waals surface area (Å²) in [7, 11) is 0. The predicted octanol–water partition coefficient (Wildman–Crippen LogP) is 20.9. The number of hydrogen-bond donors (Lipinski definition) is 0. The summed E-state index contributed by atoms with van der Waals surface area (Å²) < 4.78 is 13.8. The quantitative estimate of drug-likeness (QED) is 0.142. The molecule has 0 N–H and O–H groups in total. The number of fused-ring (bicyclic) bond motifs is 16. The average molecular weight is 1010 g/mol. The molecule has 0 amide bonds. The first kappa shape index (κ1) is 45.1. The molecule has 16 rings (SSSR count). The van der Waals surface area contributed by atoms with E-state index in [1.54, 1.807) is 0 Å². The van der Waals surface area contributed by atoms with E-state index in [9.17, 15) is 0 Å². The molecule has 0 atom stereocenters. The lowest BCUT2D eigenvalue weighted by molar-refractivity contribution is 0.668. The van der Waals surface area contributed by atoms with Gasteiger partial charge in [-0.3, -0.25) is 0 Å². The van der Waals surface area contributed by atoms with E-state index in [1.807, 2.05) is 6.07 Å². The van der Waals surface area contributed by atoms with Gasteiger partial charge in [-0.15, -0.1) is 0 Å². The van der Waals surface area contributed by atoms with Crippen molar-refractivity contribution in [3.63, 3.8) is 0 Å². The highest BCUT2D eigenvalue weighted by molar-refractivity contribution is 6.24. The second-order valence-corrected chi connectivity index (χ2v) is 21.2. The fourth-order valence-corrected chi connectivity index (χ4v) is 13.4. The zero-order valence-corrected chi connectivity index (χ0v) is 43.6. The van der Waals surface area contributed by atoms with Gasteiger partial charge < -0.3 is 18.6 Å². The molecule has 0 spiro atoms. The topological polar surface area (TPSA) is 32.8 Å². The zero-order valence-electron chi connectivity index (χ0n) is 43.6. The van der Waals surface area contributed by atoms with E-state index < -0.39 is 5.41 Å². The summed E-state index contributed by atoms with van der Waals surface area (Å²) in [6.07, 6.45) is 0. The van der Waals surface area contributed by atoms with Crippen molar-refractivity contribution in [3.8, 4) is 11.1 Å². The first-order valence-electron chi connectivity index (χ1n) is 27.2. The summed E-state index contributed by atoms with van der Waals surface area (Å²) in [5.41, 5.74) is 18.6. The van der Waals surface area contributed by atoms with Crippen LogP contribution in [0.25, 0.3) is 87.3 Å². The molecule has 79 heavy (non-hydrogen) atoms. The second kappa shape index (κ2) is 17.4. The smallest absolute Gasteiger partial charge is 0.159 e. The average Bonchev–Trinajstić information content (AvgIpc) is 3.45. The van der Waals surface area contributed by atoms with Crippen LogP contribution in [0.3, 0.4) is 0 Å². The van der Waals surface area contributed by atoms with Gasteiger partial charge >= 0.3 is 0 Å². The standard InChI is InChI=1S/C75H50N2O2/c1-47-35-39-51(40-36-47)76(65-31-17-29-61-56-25-13-15-33-68(56)78-73(61)65)53-43-44-60-63(45-53)54-23-9-11-27-58(54)71-70-59-28-12-10-24-55(59)67(46-64(70)75(72(60)71,49-19-5-3-6-20-49)50-21-7-4-8-22-50)77(52-41-37-48(2)38-42-52)66-32-18-30-62-57-26-14-16-34-69(57)79-74(62)66/h3-46H,1-2H3. The van der Waals surface area contributed by atoms with Gasteiger partial charge in [0.15, 0.2) is 11.2 Å². The fourth-order valence-electron chi connectivity index (χ4n) is 13.4. The molecule has 2 heterocycles. The fraction of sp³-hybridized carbons (Fsp3) is 0.0400. The lowest BCUT2D eigenvalue weighted by Gasteiger charge is -2.36. The first-order chi connectivity index (χ1) is 39.0. The van der Waals surface area contributed by atoms with Gasteiger partial charge in [-0.25, -0.2) is 0 Å². The van der Waals surface area contributed by atoms with Crippen LogP contribution in [0.2, 0.25) is 0 Å². The molecule has 0 aliphatic heterocycles. The van der Waals surface area contributed by atoms with Crippen LogP contribution >= 0.6 is 0 Å². The summed E-state index contributed by atoms with van der Waals surface area (Å²) in [6, 6.07) is 98.0. The van der Waals surface area contributed by atoms with Gasteiger partial charge in [0.2, 0.25) is 0 Å². The van der Waals surface area contributed by atoms with Crippen LogP contribution in [0, 0.1) is 13.8 Å². The number of benzene rings is 13. The van der Waals surface area contributed by atoms with E-state index in [0.717, 1.165) is 83.4 Å². The van der Waals surface area contributed by atoms with Crippen LogP contribution in [0.1, 0.15) is 33.4 Å². The van der Waals surface area contributed by atoms with E-state index in [-0.39, 0.29) is 0 Å². The predicted molar refractivity (Wildman–Crippen MR) is 330 cm³/mol. The van der Waals surface area contributed by atoms with E-state index in [0.29, 0.717) is 0 Å². The van der Waals surface area contributed by atoms with Gasteiger partial charge in [-0.2, -0.15) is 0 Å². The van der Waals surface area contributed by atoms with Crippen molar-refractivity contribution in [3.05, 3.63) is 300 Å². The maximum Gasteiger partial charge on any atom is 0.159 e. The molecule has 372 valence electrons. The van der Waals surface area contributed by atoms with Crippen LogP contribution < -0.4 is 9.80 Å². The highest BCUT2D eigenvalue weighted by atomic mass is 16.3. The molecule has 0 bridgehead atoms. The van der Waals surface area contributed by atoms with Gasteiger partial charge in [0.25, 0.3) is 0 Å². The highest BCUT2D eigenvalue weighted by Crippen LogP contribution is 2.63. The first-order valence-corrected chi connectivity index (χ1v) is 27.2. The number of anilines is 6. The largest absolute Gasteiger partial charge is 0.454 e. The Morgan fingerprint density at radius 3 is 1.30 bits per heavy atom. The molecule has 13 aromatic carbocycles. The van der Waals surface area contributed by atoms with Crippen molar-refractivity contribution in [2.45, 2.75) is 19.3 Å². The number of hydrogen-bond acceptors (Lipinski definition) is 4. The van der Waals surface area contributed by atoms with Gasteiger partial charge in [0.05, 0.1) is 22.5 Å². The molecular formula is C75H50N2O2. The van der Waals surface area contributed by atoms with Crippen molar-refractivity contribution in [2.24, 2.45) is 0 Å². The van der Waals surface area contributed by atoms with E-state index in [4.69, 9.17) is 8.83 Å². The molecule has 15 aromatic rings. The van der Waals surface area contributed by atoms with E-state index in [2.05, 4.69) is 285 Å². The Morgan fingerprint density at radius 1 is 0.291 bits per heavy atom. The lowest BCUT2D eigenvalue weighted by Crippen LogP contribution is -2.29. The summed E-state index contributed by atoms with van der Waals surface area (Å²) in [6.45, 7) is 4.30. The van der Waals surface area contributed by atoms with Crippen LogP contribution in [0.5, 0.6) is 0 Å². The van der Waals surface area contributed by atoms with Crippen molar-refractivity contribution >= 4 is 110 Å². The summed E-state index contributed by atoms with van der Waals surface area (Å²) in [5, 5.41) is 11.5. The second-order valence-electron chi connectivity index (χ2n) is 21.2. The lowest BCUT2D eigenvalue weighted by atomic mass is 9.66. The summed E-state index contributed by atoms with van der Waals surface area (Å²) >= 11 is 0. The molecule has 0 fully saturated rings. The Labute approximate surface area is 457 Å². The molecule has 0 unspecified atom stereocenters. The Morgan fingerprint density at radius 2 is 0.734 bits per heavy atom. The molecule has 4 nitrogen and oxygen atoms in total. The molecule has 0 saturated carbocycles. The van der Waals surface area contributed by atoms with Gasteiger partial charge in [0.1, 0.15) is 11.2 Å². The van der Waals surface area contributed by atoms with Crippen molar-refractivity contribution in [2.75, 3.05) is 9.80 Å². The third-order valence-electron chi connectivity index (χ3n) is 16.8.